The molecule has 0 radical (unpaired) electrons. The monoisotopic (exact) mass is 259 g/mol. The number of hydrogen-bond acceptors (Lipinski definition) is 3. The van der Waals surface area contributed by atoms with E-state index in [0.29, 0.717) is 6.54 Å². The number of methoxy groups -OCH3 is 1. The van der Waals surface area contributed by atoms with Crippen molar-refractivity contribution in [1.29, 1.82) is 0 Å². The zero-order valence-electron chi connectivity index (χ0n) is 11.8. The minimum Gasteiger partial charge on any atom is -0.497 e. The summed E-state index contributed by atoms with van der Waals surface area (Å²) in [5.74, 6) is 0.838. The molecule has 0 spiro atoms. The molecule has 102 valence electrons. The molecule has 0 atom stereocenters. The van der Waals surface area contributed by atoms with E-state index in [-0.39, 0.29) is 0 Å². The molecule has 19 heavy (non-hydrogen) atoms. The smallest absolute Gasteiger partial charge is 0.119 e. The van der Waals surface area contributed by atoms with Gasteiger partial charge in [-0.2, -0.15) is 5.10 Å². The van der Waals surface area contributed by atoms with Crippen LogP contribution in [0.25, 0.3) is 11.1 Å². The van der Waals surface area contributed by atoms with Gasteiger partial charge in [-0.05, 0) is 29.7 Å². The fourth-order valence-electron chi connectivity index (χ4n) is 2.31. The van der Waals surface area contributed by atoms with Crippen LogP contribution in [0.2, 0.25) is 0 Å². The predicted molar refractivity (Wildman–Crippen MR) is 77.1 cm³/mol. The van der Waals surface area contributed by atoms with Crippen molar-refractivity contribution in [1.82, 2.24) is 9.78 Å². The van der Waals surface area contributed by atoms with Crippen molar-refractivity contribution >= 4 is 0 Å². The first kappa shape index (κ1) is 13.6. The average Bonchev–Trinajstić information content (AvgIpc) is 2.79. The Kier molecular flexibility index (Phi) is 4.22. The molecule has 0 aliphatic heterocycles. The standard InChI is InChI=1S/C15H21N3O/c1-4-5-15-14(10-18(2)17-15)13-7-6-12(19-3)8-11(13)9-16/h6-8,10H,4-5,9,16H2,1-3H3. The average molecular weight is 259 g/mol. The Morgan fingerprint density at radius 2 is 2.11 bits per heavy atom. The van der Waals surface area contributed by atoms with E-state index in [1.807, 2.05) is 23.9 Å². The van der Waals surface area contributed by atoms with E-state index in [0.717, 1.165) is 35.4 Å². The Labute approximate surface area is 114 Å². The van der Waals surface area contributed by atoms with E-state index in [2.05, 4.69) is 24.3 Å². The number of rotatable bonds is 5. The van der Waals surface area contributed by atoms with Crippen LogP contribution >= 0.6 is 0 Å². The number of nitrogens with two attached hydrogens (primary N) is 1. The van der Waals surface area contributed by atoms with Gasteiger partial charge in [-0.25, -0.2) is 0 Å². The first-order chi connectivity index (χ1) is 9.19. The Bertz CT molecular complexity index is 561. The molecule has 1 aromatic heterocycles. The minimum atomic E-state index is 0.493. The number of nitrogens with zero attached hydrogens (tertiary/aromatic N) is 2. The van der Waals surface area contributed by atoms with Crippen LogP contribution in [0, 0.1) is 0 Å². The molecule has 0 aliphatic rings. The van der Waals surface area contributed by atoms with Gasteiger partial charge in [0, 0.05) is 25.4 Å². The lowest BCUT2D eigenvalue weighted by atomic mass is 9.98. The van der Waals surface area contributed by atoms with Crippen molar-refractivity contribution in [3.05, 3.63) is 35.7 Å². The van der Waals surface area contributed by atoms with Crippen molar-refractivity contribution in [2.45, 2.75) is 26.3 Å². The summed E-state index contributed by atoms with van der Waals surface area (Å²) in [6.07, 6.45) is 4.12. The van der Waals surface area contributed by atoms with Crippen LogP contribution in [-0.4, -0.2) is 16.9 Å². The highest BCUT2D eigenvalue weighted by Gasteiger charge is 2.13. The second-order valence-electron chi connectivity index (χ2n) is 4.64. The summed E-state index contributed by atoms with van der Waals surface area (Å²) in [7, 11) is 3.62. The number of ether oxygens (including phenoxy) is 1. The van der Waals surface area contributed by atoms with Gasteiger partial charge in [0.25, 0.3) is 0 Å². The largest absolute Gasteiger partial charge is 0.497 e. The van der Waals surface area contributed by atoms with Crippen LogP contribution in [0.4, 0.5) is 0 Å². The van der Waals surface area contributed by atoms with E-state index in [4.69, 9.17) is 10.5 Å². The maximum Gasteiger partial charge on any atom is 0.119 e. The van der Waals surface area contributed by atoms with Crippen LogP contribution in [-0.2, 0) is 20.0 Å². The summed E-state index contributed by atoms with van der Waals surface area (Å²) < 4.78 is 7.12. The van der Waals surface area contributed by atoms with Crippen LogP contribution in [0.5, 0.6) is 5.75 Å². The third kappa shape index (κ3) is 2.79. The maximum absolute atomic E-state index is 5.86. The van der Waals surface area contributed by atoms with Gasteiger partial charge in [0.05, 0.1) is 12.8 Å². The lowest BCUT2D eigenvalue weighted by Crippen LogP contribution is -2.00. The summed E-state index contributed by atoms with van der Waals surface area (Å²) in [4.78, 5) is 0. The highest BCUT2D eigenvalue weighted by Crippen LogP contribution is 2.30. The van der Waals surface area contributed by atoms with Crippen molar-refractivity contribution in [3.63, 3.8) is 0 Å². The first-order valence-electron chi connectivity index (χ1n) is 6.59. The molecule has 0 amide bonds. The van der Waals surface area contributed by atoms with Crippen molar-refractivity contribution in [2.75, 3.05) is 7.11 Å². The van der Waals surface area contributed by atoms with Crippen molar-refractivity contribution in [2.24, 2.45) is 12.8 Å². The van der Waals surface area contributed by atoms with E-state index >= 15 is 0 Å². The summed E-state index contributed by atoms with van der Waals surface area (Å²) in [6.45, 7) is 2.66. The van der Waals surface area contributed by atoms with Gasteiger partial charge in [-0.1, -0.05) is 19.4 Å². The van der Waals surface area contributed by atoms with Crippen LogP contribution in [0.15, 0.2) is 24.4 Å². The second kappa shape index (κ2) is 5.89. The predicted octanol–water partition coefficient (Wildman–Crippen LogP) is 2.51. The fraction of sp³-hybridized carbons (Fsp3) is 0.400. The third-order valence-corrected chi connectivity index (χ3v) is 3.21. The normalized spacial score (nSPS) is 10.7. The van der Waals surface area contributed by atoms with E-state index in [9.17, 15) is 0 Å². The summed E-state index contributed by atoms with van der Waals surface area (Å²) in [5, 5.41) is 4.54. The molecule has 1 heterocycles. The zero-order valence-corrected chi connectivity index (χ0v) is 11.8. The van der Waals surface area contributed by atoms with Gasteiger partial charge in [0.2, 0.25) is 0 Å². The van der Waals surface area contributed by atoms with E-state index < -0.39 is 0 Å². The molecule has 0 fully saturated rings. The summed E-state index contributed by atoms with van der Waals surface area (Å²) in [5.41, 5.74) is 10.4. The molecule has 2 N–H and O–H groups in total. The van der Waals surface area contributed by atoms with Gasteiger partial charge in [-0.15, -0.1) is 0 Å². The van der Waals surface area contributed by atoms with Crippen LogP contribution in [0.1, 0.15) is 24.6 Å². The Balaban J connectivity index is 2.51. The van der Waals surface area contributed by atoms with Crippen molar-refractivity contribution in [3.8, 4) is 16.9 Å². The summed E-state index contributed by atoms with van der Waals surface area (Å²) in [6, 6.07) is 6.03. The van der Waals surface area contributed by atoms with Gasteiger partial charge in [-0.3, -0.25) is 4.68 Å². The lowest BCUT2D eigenvalue weighted by Gasteiger charge is -2.10. The fourth-order valence-corrected chi connectivity index (χ4v) is 2.31. The molecule has 0 aliphatic carbocycles. The van der Waals surface area contributed by atoms with Gasteiger partial charge in [0.15, 0.2) is 0 Å². The molecule has 0 saturated carbocycles. The number of aryl methyl sites for hydroxylation is 2. The van der Waals surface area contributed by atoms with Crippen LogP contribution < -0.4 is 10.5 Å². The Morgan fingerprint density at radius 3 is 2.74 bits per heavy atom. The Morgan fingerprint density at radius 1 is 1.32 bits per heavy atom. The highest BCUT2D eigenvalue weighted by atomic mass is 16.5. The number of benzene rings is 1. The molecule has 0 saturated heterocycles. The molecule has 1 aromatic carbocycles. The molecule has 4 heteroatoms. The number of aromatic nitrogens is 2. The highest BCUT2D eigenvalue weighted by molar-refractivity contribution is 5.70. The van der Waals surface area contributed by atoms with Gasteiger partial charge >= 0.3 is 0 Å². The number of hydrogen-bond donors (Lipinski definition) is 1. The molecule has 0 unspecified atom stereocenters. The molecule has 4 nitrogen and oxygen atoms in total. The lowest BCUT2D eigenvalue weighted by molar-refractivity contribution is 0.414. The molecule has 0 bridgehead atoms. The topological polar surface area (TPSA) is 53.1 Å². The molecular formula is C15H21N3O. The van der Waals surface area contributed by atoms with Crippen molar-refractivity contribution < 1.29 is 4.74 Å². The second-order valence-corrected chi connectivity index (χ2v) is 4.64. The SMILES string of the molecule is CCCc1nn(C)cc1-c1ccc(OC)cc1CN. The third-order valence-electron chi connectivity index (χ3n) is 3.21. The van der Waals surface area contributed by atoms with Gasteiger partial charge in [0.1, 0.15) is 5.75 Å². The summed E-state index contributed by atoms with van der Waals surface area (Å²) >= 11 is 0. The van der Waals surface area contributed by atoms with E-state index in [1.54, 1.807) is 7.11 Å². The molecule has 2 rings (SSSR count). The van der Waals surface area contributed by atoms with Gasteiger partial charge < -0.3 is 10.5 Å². The maximum atomic E-state index is 5.86. The van der Waals surface area contributed by atoms with Crippen LogP contribution in [0.3, 0.4) is 0 Å². The molecule has 2 aromatic rings. The first-order valence-corrected chi connectivity index (χ1v) is 6.59. The quantitative estimate of drug-likeness (QED) is 0.897. The zero-order chi connectivity index (χ0) is 13.8. The minimum absolute atomic E-state index is 0.493. The Hall–Kier alpha value is -1.81. The van der Waals surface area contributed by atoms with E-state index in [1.165, 1.54) is 5.56 Å². The molecular weight excluding hydrogens is 238 g/mol.